The van der Waals surface area contributed by atoms with Crippen LogP contribution in [0.2, 0.25) is 0 Å². The monoisotopic (exact) mass is 436 g/mol. The van der Waals surface area contributed by atoms with Crippen LogP contribution in [0.4, 0.5) is 0 Å². The molecule has 2 aromatic heterocycles. The fourth-order valence-corrected chi connectivity index (χ4v) is 4.50. The zero-order valence-corrected chi connectivity index (χ0v) is 17.8. The number of fused-ring (bicyclic) bond motifs is 1. The molecule has 0 unspecified atom stereocenters. The summed E-state index contributed by atoms with van der Waals surface area (Å²) in [5.74, 6) is 1.11. The van der Waals surface area contributed by atoms with Crippen molar-refractivity contribution in [2.24, 2.45) is 0 Å². The van der Waals surface area contributed by atoms with Gasteiger partial charge in [-0.2, -0.15) is 5.10 Å². The van der Waals surface area contributed by atoms with Gasteiger partial charge in [-0.25, -0.2) is 18.7 Å². The minimum atomic E-state index is -3.25. The highest BCUT2D eigenvalue weighted by Gasteiger charge is 2.15. The predicted octanol–water partition coefficient (Wildman–Crippen LogP) is 3.32. The highest BCUT2D eigenvalue weighted by molar-refractivity contribution is 7.92. The maximum Gasteiger partial charge on any atom is 0.274 e. The largest absolute Gasteiger partial charge is 0.497 e. The number of benzene rings is 2. The average molecular weight is 436 g/mol. The molecular formula is C22H20N4O4S. The van der Waals surface area contributed by atoms with Crippen molar-refractivity contribution < 1.29 is 13.7 Å². The molecule has 0 radical (unpaired) electrons. The van der Waals surface area contributed by atoms with Crippen molar-refractivity contribution in [1.82, 2.24) is 14.8 Å². The van der Waals surface area contributed by atoms with E-state index < -0.39 is 9.73 Å². The van der Waals surface area contributed by atoms with Crippen molar-refractivity contribution in [1.29, 1.82) is 4.78 Å². The molecule has 2 heterocycles. The Hall–Kier alpha value is -3.72. The Balaban J connectivity index is 1.68. The quantitative estimate of drug-likeness (QED) is 0.497. The summed E-state index contributed by atoms with van der Waals surface area (Å²) in [5.41, 5.74) is 0.529. The Morgan fingerprint density at radius 1 is 0.968 bits per heavy atom. The first-order valence-electron chi connectivity index (χ1n) is 9.34. The van der Waals surface area contributed by atoms with Gasteiger partial charge in [0.1, 0.15) is 15.5 Å². The standard InChI is InChI=1S/C22H20N4O4S/c1-29-17-4-6-18(7-5-17)31(23,28)19-8-9-20-16(11-19)13-25-26(22(20)27)14-15-3-10-21(30-2)24-12-15/h3-13,23H,14H2,1-2H3/t31-/m0/s1. The van der Waals surface area contributed by atoms with Gasteiger partial charge in [-0.3, -0.25) is 4.79 Å². The highest BCUT2D eigenvalue weighted by atomic mass is 32.2. The third-order valence-electron chi connectivity index (χ3n) is 4.89. The van der Waals surface area contributed by atoms with E-state index in [9.17, 15) is 9.00 Å². The molecule has 4 rings (SSSR count). The Bertz CT molecular complexity index is 1400. The second kappa shape index (κ2) is 8.19. The van der Waals surface area contributed by atoms with Crippen LogP contribution in [0.1, 0.15) is 5.56 Å². The van der Waals surface area contributed by atoms with Crippen LogP contribution in [-0.4, -0.2) is 33.2 Å². The van der Waals surface area contributed by atoms with E-state index in [0.717, 1.165) is 5.56 Å². The van der Waals surface area contributed by atoms with Gasteiger partial charge in [0.15, 0.2) is 0 Å². The molecule has 158 valence electrons. The minimum Gasteiger partial charge on any atom is -0.497 e. The zero-order valence-electron chi connectivity index (χ0n) is 16.9. The Labute approximate surface area is 179 Å². The second-order valence-electron chi connectivity index (χ2n) is 6.80. The van der Waals surface area contributed by atoms with Gasteiger partial charge < -0.3 is 9.47 Å². The minimum absolute atomic E-state index is 0.258. The third-order valence-corrected chi connectivity index (χ3v) is 6.74. The molecule has 0 aliphatic heterocycles. The van der Waals surface area contributed by atoms with Crippen LogP contribution in [0.5, 0.6) is 11.6 Å². The zero-order chi connectivity index (χ0) is 22.0. The summed E-state index contributed by atoms with van der Waals surface area (Å²) in [5, 5.41) is 5.20. The van der Waals surface area contributed by atoms with E-state index in [0.29, 0.717) is 32.2 Å². The van der Waals surface area contributed by atoms with Crippen LogP contribution in [0.3, 0.4) is 0 Å². The average Bonchev–Trinajstić information content (AvgIpc) is 2.81. The first-order valence-corrected chi connectivity index (χ1v) is 10.9. The first-order chi connectivity index (χ1) is 14.9. The van der Waals surface area contributed by atoms with Crippen LogP contribution < -0.4 is 15.0 Å². The molecule has 4 aromatic rings. The summed E-state index contributed by atoms with van der Waals surface area (Å²) in [6.45, 7) is 0.258. The predicted molar refractivity (Wildman–Crippen MR) is 116 cm³/mol. The number of pyridine rings is 1. The highest BCUT2D eigenvalue weighted by Crippen LogP contribution is 2.25. The van der Waals surface area contributed by atoms with Gasteiger partial charge in [0.2, 0.25) is 5.88 Å². The number of rotatable bonds is 6. The van der Waals surface area contributed by atoms with Crippen molar-refractivity contribution in [3.05, 3.63) is 82.9 Å². The maximum absolute atomic E-state index is 13.2. The lowest BCUT2D eigenvalue weighted by Gasteiger charge is -2.11. The Morgan fingerprint density at radius 2 is 1.71 bits per heavy atom. The third kappa shape index (κ3) is 3.99. The molecule has 9 heteroatoms. The molecular weight excluding hydrogens is 416 g/mol. The number of hydrogen-bond acceptors (Lipinski definition) is 7. The molecule has 8 nitrogen and oxygen atoms in total. The van der Waals surface area contributed by atoms with E-state index in [-0.39, 0.29) is 12.1 Å². The topological polar surface area (TPSA) is 107 Å². The molecule has 0 bridgehead atoms. The number of aromatic nitrogens is 3. The van der Waals surface area contributed by atoms with Gasteiger partial charge in [-0.05, 0) is 48.0 Å². The van der Waals surface area contributed by atoms with Gasteiger partial charge in [0, 0.05) is 17.6 Å². The molecule has 0 saturated heterocycles. The number of methoxy groups -OCH3 is 2. The van der Waals surface area contributed by atoms with Gasteiger partial charge in [0.05, 0.1) is 42.1 Å². The summed E-state index contributed by atoms with van der Waals surface area (Å²) < 4.78 is 33.1. The first kappa shape index (κ1) is 20.5. The summed E-state index contributed by atoms with van der Waals surface area (Å²) in [4.78, 5) is 17.7. The van der Waals surface area contributed by atoms with Crippen LogP contribution in [0.25, 0.3) is 10.8 Å². The lowest BCUT2D eigenvalue weighted by molar-refractivity contribution is 0.397. The van der Waals surface area contributed by atoms with Crippen LogP contribution in [-0.2, 0) is 16.3 Å². The molecule has 31 heavy (non-hydrogen) atoms. The van der Waals surface area contributed by atoms with Crippen molar-refractivity contribution in [3.63, 3.8) is 0 Å². The van der Waals surface area contributed by atoms with Crippen LogP contribution in [0, 0.1) is 4.78 Å². The van der Waals surface area contributed by atoms with E-state index in [1.54, 1.807) is 68.0 Å². The molecule has 0 aliphatic rings. The molecule has 0 fully saturated rings. The van der Waals surface area contributed by atoms with Gasteiger partial charge in [0.25, 0.3) is 5.56 Å². The van der Waals surface area contributed by atoms with E-state index in [2.05, 4.69) is 10.1 Å². The van der Waals surface area contributed by atoms with Crippen molar-refractivity contribution in [2.75, 3.05) is 14.2 Å². The molecule has 0 spiro atoms. The second-order valence-corrected chi connectivity index (χ2v) is 8.85. The van der Waals surface area contributed by atoms with Crippen molar-refractivity contribution in [3.8, 4) is 11.6 Å². The van der Waals surface area contributed by atoms with Gasteiger partial charge in [-0.1, -0.05) is 6.07 Å². The molecule has 1 atom stereocenters. The summed E-state index contributed by atoms with van der Waals surface area (Å²) in [6, 6.07) is 14.8. The van der Waals surface area contributed by atoms with E-state index in [4.69, 9.17) is 14.3 Å². The number of ether oxygens (including phenoxy) is 2. The summed E-state index contributed by atoms with van der Waals surface area (Å²) >= 11 is 0. The Morgan fingerprint density at radius 3 is 2.35 bits per heavy atom. The molecule has 2 aromatic carbocycles. The van der Waals surface area contributed by atoms with Crippen LogP contribution >= 0.6 is 0 Å². The molecule has 0 saturated carbocycles. The number of hydrogen-bond donors (Lipinski definition) is 1. The summed E-state index contributed by atoms with van der Waals surface area (Å²) in [7, 11) is -0.166. The SMILES string of the molecule is COc1ccc([S@](=N)(=O)c2ccc3c(=O)n(Cc4ccc(OC)nc4)ncc3c2)cc1. The molecule has 0 amide bonds. The molecule has 0 aliphatic carbocycles. The van der Waals surface area contributed by atoms with Crippen LogP contribution in [0.15, 0.2) is 81.6 Å². The lowest BCUT2D eigenvalue weighted by Crippen LogP contribution is -2.23. The van der Waals surface area contributed by atoms with Crippen molar-refractivity contribution >= 4 is 20.5 Å². The van der Waals surface area contributed by atoms with E-state index in [1.165, 1.54) is 11.8 Å². The number of nitrogens with one attached hydrogen (secondary N) is 1. The normalized spacial score (nSPS) is 13.0. The number of nitrogens with zero attached hydrogens (tertiary/aromatic N) is 3. The fraction of sp³-hybridized carbons (Fsp3) is 0.136. The van der Waals surface area contributed by atoms with Gasteiger partial charge in [-0.15, -0.1) is 0 Å². The lowest BCUT2D eigenvalue weighted by atomic mass is 10.2. The van der Waals surface area contributed by atoms with Gasteiger partial charge >= 0.3 is 0 Å². The summed E-state index contributed by atoms with van der Waals surface area (Å²) in [6.07, 6.45) is 3.17. The fourth-order valence-electron chi connectivity index (χ4n) is 3.16. The smallest absolute Gasteiger partial charge is 0.274 e. The Kier molecular flexibility index (Phi) is 5.43. The van der Waals surface area contributed by atoms with E-state index >= 15 is 0 Å². The van der Waals surface area contributed by atoms with Crippen molar-refractivity contribution in [2.45, 2.75) is 16.3 Å². The maximum atomic E-state index is 13.2. The molecule has 1 N–H and O–H groups in total. The van der Waals surface area contributed by atoms with E-state index in [1.807, 2.05) is 6.07 Å².